The molecule has 0 unspecified atom stereocenters. The summed E-state index contributed by atoms with van der Waals surface area (Å²) in [5.74, 6) is 0.178. The van der Waals surface area contributed by atoms with Gasteiger partial charge in [-0.05, 0) is 24.2 Å². The second kappa shape index (κ2) is 7.70. The van der Waals surface area contributed by atoms with Crippen LogP contribution in [0.1, 0.15) is 38.5 Å². The molecule has 126 valence electrons. The molecule has 1 heterocycles. The van der Waals surface area contributed by atoms with E-state index in [1.54, 1.807) is 0 Å². The molecule has 7 heteroatoms. The smallest absolute Gasteiger partial charge is 0.267 e. The first-order valence-electron chi connectivity index (χ1n) is 7.18. The van der Waals surface area contributed by atoms with Gasteiger partial charge < -0.3 is 9.16 Å². The summed E-state index contributed by atoms with van der Waals surface area (Å²) in [4.78, 5) is 3.98. The highest BCUT2D eigenvalue weighted by Gasteiger charge is 2.36. The predicted molar refractivity (Wildman–Crippen MR) is 87.4 cm³/mol. The number of pyridine rings is 1. The van der Waals surface area contributed by atoms with Crippen molar-refractivity contribution in [1.29, 1.82) is 0 Å². The summed E-state index contributed by atoms with van der Waals surface area (Å²) >= 11 is 5.61. The summed E-state index contributed by atoms with van der Waals surface area (Å²) in [6, 6.07) is 1.28. The van der Waals surface area contributed by atoms with Crippen LogP contribution >= 0.6 is 11.6 Å². The third-order valence-electron chi connectivity index (χ3n) is 3.94. The number of alkyl halides is 3. The van der Waals surface area contributed by atoms with E-state index in [0.717, 1.165) is 0 Å². The highest BCUT2D eigenvalue weighted by Crippen LogP contribution is 2.36. The number of aromatic nitrogens is 1. The molecule has 0 spiro atoms. The van der Waals surface area contributed by atoms with Crippen molar-refractivity contribution in [2.45, 2.75) is 51.2 Å². The van der Waals surface area contributed by atoms with Crippen molar-refractivity contribution in [3.8, 4) is 5.75 Å². The Labute approximate surface area is 137 Å². The quantitative estimate of drug-likeness (QED) is 0.386. The summed E-state index contributed by atoms with van der Waals surface area (Å²) in [5, 5.41) is 0.102. The second-order valence-electron chi connectivity index (χ2n) is 6.61. The molecule has 0 fully saturated rings. The second-order valence-corrected chi connectivity index (χ2v) is 11.7. The molecule has 1 aromatic heterocycles. The Hall–Kier alpha value is -0.723. The van der Waals surface area contributed by atoms with Crippen LogP contribution < -0.4 is 4.74 Å². The van der Waals surface area contributed by atoms with Crippen molar-refractivity contribution < 1.29 is 17.9 Å². The number of hydrogen-bond donors (Lipinski definition) is 0. The van der Waals surface area contributed by atoms with Gasteiger partial charge in [-0.3, -0.25) is 4.98 Å². The summed E-state index contributed by atoms with van der Waals surface area (Å²) in [5.41, 5.74) is 0.222. The van der Waals surface area contributed by atoms with E-state index in [1.807, 2.05) is 0 Å². The van der Waals surface area contributed by atoms with Gasteiger partial charge in [0, 0.05) is 0 Å². The van der Waals surface area contributed by atoms with Crippen molar-refractivity contribution in [1.82, 2.24) is 4.98 Å². The van der Waals surface area contributed by atoms with E-state index in [4.69, 9.17) is 20.8 Å². The number of rotatable bonds is 7. The van der Waals surface area contributed by atoms with Crippen LogP contribution in [0.4, 0.5) is 8.78 Å². The van der Waals surface area contributed by atoms with E-state index in [1.165, 1.54) is 12.3 Å². The van der Waals surface area contributed by atoms with Gasteiger partial charge in [0.2, 0.25) is 0 Å². The van der Waals surface area contributed by atoms with Crippen LogP contribution in [0, 0.1) is 0 Å². The maximum absolute atomic E-state index is 13.0. The van der Waals surface area contributed by atoms with Crippen LogP contribution in [-0.2, 0) is 10.3 Å². The standard InChI is InChI=1S/C15H24ClF2NO2Si/c1-15(2,3)22(4,5)21-7-6-20-13-10-19-11(9-16)8-12(13)14(17)18/h8,10,14H,6-7,9H2,1-5H3. The summed E-state index contributed by atoms with van der Waals surface area (Å²) in [7, 11) is -1.85. The molecule has 0 aromatic carbocycles. The maximum Gasteiger partial charge on any atom is 0.267 e. The lowest BCUT2D eigenvalue weighted by Gasteiger charge is -2.36. The van der Waals surface area contributed by atoms with E-state index in [2.05, 4.69) is 38.8 Å². The third kappa shape index (κ3) is 5.17. The molecule has 0 aliphatic heterocycles. The maximum atomic E-state index is 13.0. The number of halogens is 3. The van der Waals surface area contributed by atoms with Crippen molar-refractivity contribution in [2.24, 2.45) is 0 Å². The Morgan fingerprint density at radius 1 is 1.27 bits per heavy atom. The van der Waals surface area contributed by atoms with Crippen LogP contribution in [0.5, 0.6) is 5.75 Å². The van der Waals surface area contributed by atoms with Gasteiger partial charge in [0.25, 0.3) is 6.43 Å². The largest absolute Gasteiger partial charge is 0.489 e. The van der Waals surface area contributed by atoms with Crippen molar-refractivity contribution in [2.75, 3.05) is 13.2 Å². The molecule has 0 bridgehead atoms. The topological polar surface area (TPSA) is 31.4 Å². The SMILES string of the molecule is CC(C)(C)[Si](C)(C)OCCOc1cnc(CCl)cc1C(F)F. The molecule has 3 nitrogen and oxygen atoms in total. The molecule has 1 rings (SSSR count). The Morgan fingerprint density at radius 2 is 1.91 bits per heavy atom. The molecule has 22 heavy (non-hydrogen) atoms. The lowest BCUT2D eigenvalue weighted by atomic mass is 10.2. The van der Waals surface area contributed by atoms with Crippen LogP contribution in [0.3, 0.4) is 0 Å². The molecule has 0 N–H and O–H groups in total. The fourth-order valence-corrected chi connectivity index (χ4v) is 2.71. The lowest BCUT2D eigenvalue weighted by molar-refractivity contribution is 0.141. The highest BCUT2D eigenvalue weighted by molar-refractivity contribution is 6.74. The highest BCUT2D eigenvalue weighted by atomic mass is 35.5. The molecule has 0 amide bonds. The summed E-state index contributed by atoms with van der Waals surface area (Å²) < 4.78 is 37.4. The van der Waals surface area contributed by atoms with Gasteiger partial charge in [-0.25, -0.2) is 8.78 Å². The number of ether oxygens (including phenoxy) is 1. The lowest BCUT2D eigenvalue weighted by Crippen LogP contribution is -2.41. The Kier molecular flexibility index (Phi) is 6.77. The zero-order valence-corrected chi connectivity index (χ0v) is 15.5. The van der Waals surface area contributed by atoms with Gasteiger partial charge in [0.05, 0.1) is 29.9 Å². The summed E-state index contributed by atoms with van der Waals surface area (Å²) in [6.07, 6.45) is -1.33. The first-order valence-corrected chi connectivity index (χ1v) is 10.6. The van der Waals surface area contributed by atoms with Gasteiger partial charge in [-0.2, -0.15) is 0 Å². The third-order valence-corrected chi connectivity index (χ3v) is 8.75. The van der Waals surface area contributed by atoms with Crippen molar-refractivity contribution >= 4 is 19.9 Å². The van der Waals surface area contributed by atoms with Crippen LogP contribution in [0.15, 0.2) is 12.3 Å². The minimum absolute atomic E-state index is 0.0858. The Morgan fingerprint density at radius 3 is 2.41 bits per heavy atom. The molecule has 1 aromatic rings. The van der Waals surface area contributed by atoms with Crippen LogP contribution in [-0.4, -0.2) is 26.5 Å². The molecule has 0 saturated carbocycles. The van der Waals surface area contributed by atoms with Gasteiger partial charge in [-0.1, -0.05) is 20.8 Å². The normalized spacial score (nSPS) is 12.8. The average molecular weight is 352 g/mol. The first-order chi connectivity index (χ1) is 10.1. The fourth-order valence-electron chi connectivity index (χ4n) is 1.53. The van der Waals surface area contributed by atoms with Crippen LogP contribution in [0.25, 0.3) is 0 Å². The predicted octanol–water partition coefficient (Wildman–Crippen LogP) is 5.16. The van der Waals surface area contributed by atoms with E-state index in [9.17, 15) is 8.78 Å². The molecular formula is C15H24ClF2NO2Si. The van der Waals surface area contributed by atoms with Gasteiger partial charge in [-0.15, -0.1) is 11.6 Å². The number of hydrogen-bond acceptors (Lipinski definition) is 3. The van der Waals surface area contributed by atoms with Gasteiger partial charge in [0.1, 0.15) is 12.4 Å². The zero-order valence-electron chi connectivity index (χ0n) is 13.8. The van der Waals surface area contributed by atoms with Crippen molar-refractivity contribution in [3.63, 3.8) is 0 Å². The van der Waals surface area contributed by atoms with Gasteiger partial charge >= 0.3 is 0 Å². The van der Waals surface area contributed by atoms with Crippen molar-refractivity contribution in [3.05, 3.63) is 23.5 Å². The minimum atomic E-state index is -2.62. The summed E-state index contributed by atoms with van der Waals surface area (Å²) in [6.45, 7) is 11.3. The molecule has 0 atom stereocenters. The molecule has 0 saturated heterocycles. The van der Waals surface area contributed by atoms with E-state index in [-0.39, 0.29) is 28.8 Å². The first kappa shape index (κ1) is 19.3. The zero-order chi connectivity index (χ0) is 17.0. The Balaban J connectivity index is 2.62. The molecule has 0 radical (unpaired) electrons. The monoisotopic (exact) mass is 351 g/mol. The fraction of sp³-hybridized carbons (Fsp3) is 0.667. The number of nitrogens with zero attached hydrogens (tertiary/aromatic N) is 1. The Bertz CT molecular complexity index is 493. The molecule has 0 aliphatic rings. The molecular weight excluding hydrogens is 328 g/mol. The minimum Gasteiger partial charge on any atom is -0.489 e. The average Bonchev–Trinajstić information content (AvgIpc) is 2.42. The van der Waals surface area contributed by atoms with E-state index in [0.29, 0.717) is 12.3 Å². The van der Waals surface area contributed by atoms with E-state index >= 15 is 0 Å². The van der Waals surface area contributed by atoms with Crippen LogP contribution in [0.2, 0.25) is 18.1 Å². The van der Waals surface area contributed by atoms with E-state index < -0.39 is 14.7 Å². The molecule has 0 aliphatic carbocycles. The van der Waals surface area contributed by atoms with Gasteiger partial charge in [0.15, 0.2) is 8.32 Å².